The predicted octanol–water partition coefficient (Wildman–Crippen LogP) is 1.32. The molecule has 0 spiro atoms. The zero-order valence-corrected chi connectivity index (χ0v) is 6.97. The first-order chi connectivity index (χ1) is 4.97. The first-order valence-electron chi connectivity index (χ1n) is 3.11. The summed E-state index contributed by atoms with van der Waals surface area (Å²) in [7, 11) is 0. The van der Waals surface area contributed by atoms with Crippen molar-refractivity contribution in [2.45, 2.75) is 0 Å². The molecular weight excluding hydrogens is 164 g/mol. The molecule has 2 heterocycles. The minimum atomic E-state index is 1.08. The van der Waals surface area contributed by atoms with Crippen molar-refractivity contribution >= 4 is 23.3 Å². The third-order valence-corrected chi connectivity index (χ3v) is 2.91. The van der Waals surface area contributed by atoms with Crippen LogP contribution in [0.5, 0.6) is 0 Å². The van der Waals surface area contributed by atoms with E-state index in [0.29, 0.717) is 0 Å². The summed E-state index contributed by atoms with van der Waals surface area (Å²) in [5.74, 6) is 1.17. The number of hydrogen-bond acceptors (Lipinski definition) is 4. The van der Waals surface area contributed by atoms with Gasteiger partial charge in [-0.1, -0.05) is 0 Å². The van der Waals surface area contributed by atoms with Crippen LogP contribution in [-0.4, -0.2) is 16.7 Å². The van der Waals surface area contributed by atoms with Crippen molar-refractivity contribution in [3.05, 3.63) is 22.5 Å². The highest BCUT2D eigenvalue weighted by atomic mass is 32.2. The largest absolute Gasteiger partial charge is 0.294 e. The molecular formula is C6H7N2S2. The topological polar surface area (TPSA) is 24.9 Å². The van der Waals surface area contributed by atoms with Gasteiger partial charge < -0.3 is 0 Å². The molecule has 53 valence electrons. The molecule has 1 aliphatic rings. The number of hydrogen-bond donors (Lipinski definition) is 1. The van der Waals surface area contributed by atoms with E-state index < -0.39 is 0 Å². The van der Waals surface area contributed by atoms with Gasteiger partial charge in [0.2, 0.25) is 0 Å². The molecule has 1 aromatic rings. The monoisotopic (exact) mass is 171 g/mol. The average Bonchev–Trinajstić information content (AvgIpc) is 2.59. The first-order valence-corrected chi connectivity index (χ1v) is 4.93. The zero-order valence-electron chi connectivity index (χ0n) is 5.33. The molecule has 1 fully saturated rings. The van der Waals surface area contributed by atoms with Crippen molar-refractivity contribution in [3.8, 4) is 0 Å². The second-order valence-corrected chi connectivity index (χ2v) is 3.76. The Morgan fingerprint density at radius 1 is 1.60 bits per heavy atom. The van der Waals surface area contributed by atoms with Crippen molar-refractivity contribution in [3.63, 3.8) is 0 Å². The summed E-state index contributed by atoms with van der Waals surface area (Å²) in [5, 5.41) is 6.52. The van der Waals surface area contributed by atoms with Gasteiger partial charge in [0.25, 0.3) is 0 Å². The van der Waals surface area contributed by atoms with E-state index in [-0.39, 0.29) is 0 Å². The second kappa shape index (κ2) is 2.90. The van der Waals surface area contributed by atoms with Gasteiger partial charge in [-0.15, -0.1) is 11.8 Å². The summed E-state index contributed by atoms with van der Waals surface area (Å²) < 4.78 is 4.22. The summed E-state index contributed by atoms with van der Waals surface area (Å²) >= 11 is 3.35. The van der Waals surface area contributed by atoms with E-state index in [9.17, 15) is 0 Å². The van der Waals surface area contributed by atoms with Crippen molar-refractivity contribution in [2.24, 2.45) is 0 Å². The van der Waals surface area contributed by atoms with Crippen LogP contribution in [0.15, 0.2) is 11.4 Å². The van der Waals surface area contributed by atoms with Gasteiger partial charge >= 0.3 is 0 Å². The van der Waals surface area contributed by atoms with Gasteiger partial charge in [-0.2, -0.15) is 4.37 Å². The van der Waals surface area contributed by atoms with Gasteiger partial charge in [0.1, 0.15) is 5.37 Å². The SMILES string of the molecule is c1cc([C]2NCCS2)ns1. The van der Waals surface area contributed by atoms with Gasteiger partial charge in [-0.3, -0.25) is 5.32 Å². The number of thioether (sulfide) groups is 1. The summed E-state index contributed by atoms with van der Waals surface area (Å²) in [4.78, 5) is 0. The van der Waals surface area contributed by atoms with Crippen molar-refractivity contribution in [2.75, 3.05) is 12.3 Å². The smallest absolute Gasteiger partial charge is 0.142 e. The third-order valence-electron chi connectivity index (χ3n) is 1.30. The Balaban J connectivity index is 2.12. The highest BCUT2D eigenvalue weighted by Crippen LogP contribution is 2.27. The van der Waals surface area contributed by atoms with Crippen molar-refractivity contribution < 1.29 is 0 Å². The molecule has 2 nitrogen and oxygen atoms in total. The Labute approximate surface area is 68.2 Å². The quantitative estimate of drug-likeness (QED) is 0.689. The van der Waals surface area contributed by atoms with Crippen LogP contribution in [0.4, 0.5) is 0 Å². The lowest BCUT2D eigenvalue weighted by atomic mass is 10.4. The maximum atomic E-state index is 4.22. The van der Waals surface area contributed by atoms with Gasteiger partial charge in [0.15, 0.2) is 0 Å². The second-order valence-electron chi connectivity index (χ2n) is 1.99. The minimum absolute atomic E-state index is 1.08. The molecule has 1 aromatic heterocycles. The van der Waals surface area contributed by atoms with Crippen molar-refractivity contribution in [1.82, 2.24) is 9.69 Å². The molecule has 10 heavy (non-hydrogen) atoms. The van der Waals surface area contributed by atoms with E-state index in [1.54, 1.807) is 0 Å². The first kappa shape index (κ1) is 6.64. The van der Waals surface area contributed by atoms with Crippen molar-refractivity contribution in [1.29, 1.82) is 0 Å². The molecule has 2 rings (SSSR count). The van der Waals surface area contributed by atoms with Gasteiger partial charge in [-0.25, -0.2) is 0 Å². The van der Waals surface area contributed by atoms with E-state index in [1.165, 1.54) is 22.7 Å². The van der Waals surface area contributed by atoms with E-state index in [4.69, 9.17) is 0 Å². The van der Waals surface area contributed by atoms with Gasteiger partial charge in [0, 0.05) is 17.7 Å². The Morgan fingerprint density at radius 2 is 2.60 bits per heavy atom. The molecule has 0 aliphatic carbocycles. The lowest BCUT2D eigenvalue weighted by Crippen LogP contribution is -2.12. The molecule has 1 saturated heterocycles. The van der Waals surface area contributed by atoms with Gasteiger partial charge in [0.05, 0.1) is 5.69 Å². The van der Waals surface area contributed by atoms with Crippen LogP contribution in [0.1, 0.15) is 5.69 Å². The molecule has 1 N–H and O–H groups in total. The summed E-state index contributed by atoms with van der Waals surface area (Å²) in [5.41, 5.74) is 1.10. The minimum Gasteiger partial charge on any atom is -0.294 e. The molecule has 0 aromatic carbocycles. The Kier molecular flexibility index (Phi) is 1.93. The fourth-order valence-corrected chi connectivity index (χ4v) is 2.31. The predicted molar refractivity (Wildman–Crippen MR) is 44.9 cm³/mol. The summed E-state index contributed by atoms with van der Waals surface area (Å²) in [6.07, 6.45) is 0. The van der Waals surface area contributed by atoms with Crippen LogP contribution in [0, 0.1) is 5.37 Å². The lowest BCUT2D eigenvalue weighted by Gasteiger charge is -2.01. The van der Waals surface area contributed by atoms with E-state index in [0.717, 1.165) is 12.2 Å². The number of rotatable bonds is 1. The molecule has 1 aliphatic heterocycles. The molecule has 0 saturated carbocycles. The molecule has 0 unspecified atom stereocenters. The molecule has 1 radical (unpaired) electrons. The number of nitrogens with one attached hydrogen (secondary N) is 1. The Bertz CT molecular complexity index is 192. The van der Waals surface area contributed by atoms with Crippen LogP contribution >= 0.6 is 23.3 Å². The zero-order chi connectivity index (χ0) is 6.81. The van der Waals surface area contributed by atoms with E-state index in [2.05, 4.69) is 9.69 Å². The Hall–Kier alpha value is -0.0600. The lowest BCUT2D eigenvalue weighted by molar-refractivity contribution is 0.875. The average molecular weight is 171 g/mol. The van der Waals surface area contributed by atoms with Crippen LogP contribution in [-0.2, 0) is 0 Å². The summed E-state index contributed by atoms with van der Waals surface area (Å²) in [6.45, 7) is 1.08. The highest BCUT2D eigenvalue weighted by Gasteiger charge is 2.19. The molecule has 4 heteroatoms. The van der Waals surface area contributed by atoms with Crippen LogP contribution < -0.4 is 5.32 Å². The maximum absolute atomic E-state index is 4.22. The number of nitrogens with zero attached hydrogens (tertiary/aromatic N) is 1. The standard InChI is InChI=1S/C6H7N2S2/c1-3-10-8-5(1)6-7-2-4-9-6/h1,3,7H,2,4H2. The summed E-state index contributed by atoms with van der Waals surface area (Å²) in [6, 6.07) is 2.05. The van der Waals surface area contributed by atoms with Crippen LogP contribution in [0.2, 0.25) is 0 Å². The van der Waals surface area contributed by atoms with E-state index >= 15 is 0 Å². The Morgan fingerprint density at radius 3 is 3.20 bits per heavy atom. The number of aromatic nitrogens is 1. The molecule has 0 atom stereocenters. The van der Waals surface area contributed by atoms with Gasteiger partial charge in [-0.05, 0) is 17.6 Å². The third kappa shape index (κ3) is 1.19. The molecule has 0 amide bonds. The molecule has 0 bridgehead atoms. The van der Waals surface area contributed by atoms with Crippen LogP contribution in [0.3, 0.4) is 0 Å². The fraction of sp³-hybridized carbons (Fsp3) is 0.333. The maximum Gasteiger partial charge on any atom is 0.142 e. The fourth-order valence-electron chi connectivity index (χ4n) is 0.863. The highest BCUT2D eigenvalue weighted by molar-refractivity contribution is 8.02. The van der Waals surface area contributed by atoms with E-state index in [1.807, 2.05) is 23.2 Å². The van der Waals surface area contributed by atoms with Crippen LogP contribution in [0.25, 0.3) is 0 Å². The normalized spacial score (nSPS) is 20.0.